The van der Waals surface area contributed by atoms with Gasteiger partial charge in [-0.25, -0.2) is 0 Å². The Hall–Kier alpha value is -2.86. The van der Waals surface area contributed by atoms with Gasteiger partial charge in [0.1, 0.15) is 0 Å². The lowest BCUT2D eigenvalue weighted by molar-refractivity contribution is 0.867. The molecular weight excluding hydrogens is 300 g/mol. The van der Waals surface area contributed by atoms with Gasteiger partial charge in [-0.05, 0) is 50.6 Å². The van der Waals surface area contributed by atoms with E-state index in [-0.39, 0.29) is 0 Å². The lowest BCUT2D eigenvalue weighted by Crippen LogP contribution is -1.88. The average Bonchev–Trinajstić information content (AvgIpc) is 2.68. The van der Waals surface area contributed by atoms with Crippen LogP contribution in [-0.2, 0) is 0 Å². The molecule has 0 saturated heterocycles. The van der Waals surface area contributed by atoms with Crippen molar-refractivity contribution in [2.24, 2.45) is 0 Å². The van der Waals surface area contributed by atoms with E-state index < -0.39 is 0 Å². The molecule has 25 heavy (non-hydrogen) atoms. The van der Waals surface area contributed by atoms with E-state index in [1.165, 1.54) is 38.6 Å². The Bertz CT molecular complexity index is 1020. The van der Waals surface area contributed by atoms with E-state index in [2.05, 4.69) is 105 Å². The molecule has 0 radical (unpaired) electrons. The van der Waals surface area contributed by atoms with E-state index in [0.717, 1.165) is 0 Å². The van der Waals surface area contributed by atoms with Gasteiger partial charge in [0.05, 0.1) is 0 Å². The molecular formula is C25H22. The van der Waals surface area contributed by atoms with Crippen LogP contribution in [0, 0.1) is 0 Å². The van der Waals surface area contributed by atoms with E-state index in [1.54, 1.807) is 0 Å². The molecule has 0 nitrogen and oxygen atoms in total. The van der Waals surface area contributed by atoms with Gasteiger partial charge in [-0.1, -0.05) is 98.8 Å². The molecule has 0 atom stereocenters. The summed E-state index contributed by atoms with van der Waals surface area (Å²) < 4.78 is 0. The van der Waals surface area contributed by atoms with Crippen LogP contribution in [0.25, 0.3) is 33.0 Å². The highest BCUT2D eigenvalue weighted by molar-refractivity contribution is 5.97. The van der Waals surface area contributed by atoms with Gasteiger partial charge in [0.2, 0.25) is 0 Å². The number of benzene rings is 4. The van der Waals surface area contributed by atoms with Crippen molar-refractivity contribution in [2.45, 2.75) is 19.8 Å². The lowest BCUT2D eigenvalue weighted by Gasteiger charge is -2.11. The summed E-state index contributed by atoms with van der Waals surface area (Å²) in [6.45, 7) is 4.48. The molecule has 4 aromatic carbocycles. The van der Waals surface area contributed by atoms with Crippen molar-refractivity contribution in [1.82, 2.24) is 0 Å². The maximum atomic E-state index is 2.31. The first kappa shape index (κ1) is 15.7. The monoisotopic (exact) mass is 322 g/mol. The van der Waals surface area contributed by atoms with Crippen LogP contribution in [0.2, 0.25) is 0 Å². The Balaban J connectivity index is 1.83. The van der Waals surface area contributed by atoms with E-state index in [1.807, 2.05) is 0 Å². The quantitative estimate of drug-likeness (QED) is 0.371. The molecule has 0 fully saturated rings. The zero-order chi connectivity index (χ0) is 17.2. The lowest BCUT2D eigenvalue weighted by atomic mass is 9.93. The van der Waals surface area contributed by atoms with Crippen LogP contribution in [-0.4, -0.2) is 0 Å². The van der Waals surface area contributed by atoms with Gasteiger partial charge in [-0.3, -0.25) is 0 Å². The fourth-order valence-electron chi connectivity index (χ4n) is 3.42. The first-order valence-electron chi connectivity index (χ1n) is 8.91. The summed E-state index contributed by atoms with van der Waals surface area (Å²) in [5.41, 5.74) is 6.50. The molecule has 0 unspecified atom stereocenters. The third-order valence-electron chi connectivity index (χ3n) is 4.85. The SMILES string of the molecule is CC(C)c1cccc(-c2cccc(-c3cccc4ccccc34)c2)c1. The molecule has 0 heterocycles. The van der Waals surface area contributed by atoms with Crippen LogP contribution in [0.3, 0.4) is 0 Å². The van der Waals surface area contributed by atoms with E-state index >= 15 is 0 Å². The Morgan fingerprint density at radius 1 is 0.560 bits per heavy atom. The van der Waals surface area contributed by atoms with Gasteiger partial charge >= 0.3 is 0 Å². The third kappa shape index (κ3) is 3.08. The topological polar surface area (TPSA) is 0 Å². The first-order chi connectivity index (χ1) is 12.2. The van der Waals surface area contributed by atoms with Crippen LogP contribution in [0.15, 0.2) is 91.0 Å². The Morgan fingerprint density at radius 2 is 1.20 bits per heavy atom. The second kappa shape index (κ2) is 6.57. The predicted molar refractivity (Wildman–Crippen MR) is 109 cm³/mol. The molecule has 0 saturated carbocycles. The predicted octanol–water partition coefficient (Wildman–Crippen LogP) is 7.30. The molecule has 0 heteroatoms. The van der Waals surface area contributed by atoms with Gasteiger partial charge in [0.15, 0.2) is 0 Å². The minimum Gasteiger partial charge on any atom is -0.0616 e. The molecule has 0 spiro atoms. The van der Waals surface area contributed by atoms with Crippen molar-refractivity contribution in [3.8, 4) is 22.3 Å². The molecule has 0 amide bonds. The van der Waals surface area contributed by atoms with Crippen LogP contribution >= 0.6 is 0 Å². The second-order valence-corrected chi connectivity index (χ2v) is 6.89. The highest BCUT2D eigenvalue weighted by Crippen LogP contribution is 2.32. The minimum atomic E-state index is 0.543. The van der Waals surface area contributed by atoms with Gasteiger partial charge < -0.3 is 0 Å². The fourth-order valence-corrected chi connectivity index (χ4v) is 3.42. The molecule has 122 valence electrons. The smallest absolute Gasteiger partial charge is 0.0105 e. The number of fused-ring (bicyclic) bond motifs is 1. The highest BCUT2D eigenvalue weighted by Gasteiger charge is 2.06. The summed E-state index contributed by atoms with van der Waals surface area (Å²) in [6, 6.07) is 32.9. The summed E-state index contributed by atoms with van der Waals surface area (Å²) in [6.07, 6.45) is 0. The third-order valence-corrected chi connectivity index (χ3v) is 4.85. The molecule has 4 rings (SSSR count). The van der Waals surface area contributed by atoms with Crippen molar-refractivity contribution in [1.29, 1.82) is 0 Å². The van der Waals surface area contributed by atoms with Crippen LogP contribution < -0.4 is 0 Å². The molecule has 0 aliphatic rings. The molecule has 0 aliphatic heterocycles. The normalized spacial score (nSPS) is 11.2. The van der Waals surface area contributed by atoms with E-state index in [4.69, 9.17) is 0 Å². The molecule has 4 aromatic rings. The zero-order valence-corrected chi connectivity index (χ0v) is 14.7. The Morgan fingerprint density at radius 3 is 2.04 bits per heavy atom. The number of hydrogen-bond acceptors (Lipinski definition) is 0. The summed E-state index contributed by atoms with van der Waals surface area (Å²) in [5, 5.41) is 2.59. The average molecular weight is 322 g/mol. The Labute approximate surface area is 149 Å². The molecule has 0 aliphatic carbocycles. The first-order valence-corrected chi connectivity index (χ1v) is 8.91. The van der Waals surface area contributed by atoms with Crippen molar-refractivity contribution in [3.63, 3.8) is 0 Å². The maximum Gasteiger partial charge on any atom is -0.0105 e. The minimum absolute atomic E-state index is 0.543. The summed E-state index contributed by atoms with van der Waals surface area (Å²) in [7, 11) is 0. The van der Waals surface area contributed by atoms with Crippen molar-refractivity contribution < 1.29 is 0 Å². The summed E-state index contributed by atoms with van der Waals surface area (Å²) >= 11 is 0. The van der Waals surface area contributed by atoms with Gasteiger partial charge in [0, 0.05) is 0 Å². The summed E-state index contributed by atoms with van der Waals surface area (Å²) in [5.74, 6) is 0.543. The van der Waals surface area contributed by atoms with E-state index in [9.17, 15) is 0 Å². The Kier molecular flexibility index (Phi) is 4.11. The highest BCUT2D eigenvalue weighted by atomic mass is 14.1. The summed E-state index contributed by atoms with van der Waals surface area (Å²) in [4.78, 5) is 0. The molecule has 0 aromatic heterocycles. The molecule has 0 N–H and O–H groups in total. The van der Waals surface area contributed by atoms with Gasteiger partial charge in [0.25, 0.3) is 0 Å². The largest absolute Gasteiger partial charge is 0.0616 e. The number of hydrogen-bond donors (Lipinski definition) is 0. The van der Waals surface area contributed by atoms with Crippen molar-refractivity contribution in [3.05, 3.63) is 96.6 Å². The zero-order valence-electron chi connectivity index (χ0n) is 14.7. The van der Waals surface area contributed by atoms with Crippen LogP contribution in [0.1, 0.15) is 25.3 Å². The number of rotatable bonds is 3. The maximum absolute atomic E-state index is 2.31. The van der Waals surface area contributed by atoms with Crippen molar-refractivity contribution >= 4 is 10.8 Å². The van der Waals surface area contributed by atoms with Crippen molar-refractivity contribution in [2.75, 3.05) is 0 Å². The van der Waals surface area contributed by atoms with Gasteiger partial charge in [-0.15, -0.1) is 0 Å². The van der Waals surface area contributed by atoms with Crippen LogP contribution in [0.5, 0.6) is 0 Å². The van der Waals surface area contributed by atoms with E-state index in [0.29, 0.717) is 5.92 Å². The van der Waals surface area contributed by atoms with Gasteiger partial charge in [-0.2, -0.15) is 0 Å². The second-order valence-electron chi connectivity index (χ2n) is 6.89. The fraction of sp³-hybridized carbons (Fsp3) is 0.120. The molecule has 0 bridgehead atoms. The standard InChI is InChI=1S/C25H22/c1-18(2)20-10-5-11-21(16-20)22-12-6-13-23(17-22)25-15-7-9-19-8-3-4-14-24(19)25/h3-18H,1-2H3. The van der Waals surface area contributed by atoms with Crippen LogP contribution in [0.4, 0.5) is 0 Å².